The highest BCUT2D eigenvalue weighted by Gasteiger charge is 2.11. The Morgan fingerprint density at radius 1 is 1.32 bits per heavy atom. The number of aliphatic hydroxyl groups is 1. The first-order chi connectivity index (χ1) is 12.0. The van der Waals surface area contributed by atoms with Crippen molar-refractivity contribution in [2.24, 2.45) is 5.73 Å². The maximum absolute atomic E-state index is 12.4. The van der Waals surface area contributed by atoms with E-state index in [0.717, 1.165) is 27.6 Å². The summed E-state index contributed by atoms with van der Waals surface area (Å²) in [5, 5.41) is 9.96. The minimum absolute atomic E-state index is 0.118. The standard InChI is InChI=1S/C18H20N4O3/c1-21(7-8-23)11-12-4-5-15-13(9-12)10-16(20-15)14-3-2-6-22(17(14)24)18(19)25/h2-6,9-10,20,23H,7-8,11H2,1H3,(H2,19,25). The number of fused-ring (bicyclic) bond motifs is 1. The van der Waals surface area contributed by atoms with E-state index in [1.165, 1.54) is 6.20 Å². The molecule has 0 aliphatic heterocycles. The van der Waals surface area contributed by atoms with Crippen molar-refractivity contribution in [1.29, 1.82) is 0 Å². The lowest BCUT2D eigenvalue weighted by atomic mass is 10.1. The van der Waals surface area contributed by atoms with Crippen molar-refractivity contribution >= 4 is 16.9 Å². The maximum atomic E-state index is 12.4. The van der Waals surface area contributed by atoms with Gasteiger partial charge in [0.25, 0.3) is 5.56 Å². The summed E-state index contributed by atoms with van der Waals surface area (Å²) in [7, 11) is 1.94. The quantitative estimate of drug-likeness (QED) is 0.652. The molecule has 0 radical (unpaired) electrons. The van der Waals surface area contributed by atoms with Crippen molar-refractivity contribution in [3.63, 3.8) is 0 Å². The summed E-state index contributed by atoms with van der Waals surface area (Å²) in [4.78, 5) is 28.9. The topological polar surface area (TPSA) is 104 Å². The fourth-order valence-corrected chi connectivity index (χ4v) is 2.86. The Morgan fingerprint density at radius 3 is 2.84 bits per heavy atom. The summed E-state index contributed by atoms with van der Waals surface area (Å²) >= 11 is 0. The van der Waals surface area contributed by atoms with Crippen molar-refractivity contribution < 1.29 is 9.90 Å². The van der Waals surface area contributed by atoms with Gasteiger partial charge < -0.3 is 15.8 Å². The van der Waals surface area contributed by atoms with Crippen LogP contribution in [0.3, 0.4) is 0 Å². The van der Waals surface area contributed by atoms with Gasteiger partial charge in [0, 0.05) is 30.2 Å². The molecule has 1 aromatic carbocycles. The second kappa shape index (κ2) is 6.92. The number of aliphatic hydroxyl groups excluding tert-OH is 1. The number of primary amides is 1. The van der Waals surface area contributed by atoms with E-state index < -0.39 is 11.6 Å². The number of carbonyl (C=O) groups excluding carboxylic acids is 1. The van der Waals surface area contributed by atoms with E-state index in [1.807, 2.05) is 36.2 Å². The highest BCUT2D eigenvalue weighted by Crippen LogP contribution is 2.23. The molecule has 7 heteroatoms. The van der Waals surface area contributed by atoms with Gasteiger partial charge in [0.15, 0.2) is 0 Å². The van der Waals surface area contributed by atoms with Crippen molar-refractivity contribution in [3.8, 4) is 11.3 Å². The van der Waals surface area contributed by atoms with Crippen LogP contribution in [0.25, 0.3) is 22.2 Å². The molecule has 0 spiro atoms. The molecule has 0 unspecified atom stereocenters. The summed E-state index contributed by atoms with van der Waals surface area (Å²) in [6.45, 7) is 1.44. The monoisotopic (exact) mass is 340 g/mol. The summed E-state index contributed by atoms with van der Waals surface area (Å²) in [6.07, 6.45) is 1.35. The number of likely N-dealkylation sites (N-methyl/N-ethyl adjacent to an activating group) is 1. The third-order valence-corrected chi connectivity index (χ3v) is 4.09. The molecule has 2 heterocycles. The van der Waals surface area contributed by atoms with Gasteiger partial charge in [0.05, 0.1) is 17.9 Å². The van der Waals surface area contributed by atoms with E-state index in [4.69, 9.17) is 10.8 Å². The normalized spacial score (nSPS) is 11.3. The molecule has 0 aliphatic carbocycles. The molecular weight excluding hydrogens is 320 g/mol. The van der Waals surface area contributed by atoms with E-state index in [0.29, 0.717) is 17.8 Å². The first-order valence-electron chi connectivity index (χ1n) is 7.92. The van der Waals surface area contributed by atoms with E-state index in [9.17, 15) is 9.59 Å². The number of hydrogen-bond donors (Lipinski definition) is 3. The van der Waals surface area contributed by atoms with Crippen LogP contribution in [0.4, 0.5) is 4.79 Å². The van der Waals surface area contributed by atoms with Gasteiger partial charge in [-0.25, -0.2) is 9.36 Å². The Hall–Kier alpha value is -2.90. The van der Waals surface area contributed by atoms with E-state index >= 15 is 0 Å². The highest BCUT2D eigenvalue weighted by molar-refractivity contribution is 5.86. The molecule has 2 aromatic heterocycles. The van der Waals surface area contributed by atoms with Crippen LogP contribution < -0.4 is 11.3 Å². The van der Waals surface area contributed by atoms with Crippen LogP contribution in [0.1, 0.15) is 5.56 Å². The lowest BCUT2D eigenvalue weighted by Crippen LogP contribution is -2.31. The number of carbonyl (C=O) groups is 1. The zero-order valence-electron chi connectivity index (χ0n) is 13.9. The Balaban J connectivity index is 1.98. The highest BCUT2D eigenvalue weighted by atomic mass is 16.3. The SMILES string of the molecule is CN(CCO)Cc1ccc2[nH]c(-c3cccn(C(N)=O)c3=O)cc2c1. The smallest absolute Gasteiger partial charge is 0.325 e. The number of benzene rings is 1. The minimum atomic E-state index is -0.808. The van der Waals surface area contributed by atoms with Gasteiger partial charge in [-0.1, -0.05) is 6.07 Å². The minimum Gasteiger partial charge on any atom is -0.395 e. The molecule has 0 saturated carbocycles. The van der Waals surface area contributed by atoms with E-state index in [1.54, 1.807) is 12.1 Å². The number of nitrogens with two attached hydrogens (primary N) is 1. The summed E-state index contributed by atoms with van der Waals surface area (Å²) in [6, 6.07) is 10.3. The average molecular weight is 340 g/mol. The molecule has 25 heavy (non-hydrogen) atoms. The van der Waals surface area contributed by atoms with Gasteiger partial charge >= 0.3 is 6.03 Å². The van der Waals surface area contributed by atoms with Crippen molar-refractivity contribution in [2.75, 3.05) is 20.2 Å². The molecule has 0 fully saturated rings. The first kappa shape index (κ1) is 16.9. The number of aromatic nitrogens is 2. The van der Waals surface area contributed by atoms with Gasteiger partial charge in [-0.3, -0.25) is 9.69 Å². The summed E-state index contributed by atoms with van der Waals surface area (Å²) in [5.41, 5.74) is 7.79. The molecular formula is C18H20N4O3. The second-order valence-electron chi connectivity index (χ2n) is 6.00. The molecule has 4 N–H and O–H groups in total. The Kier molecular flexibility index (Phi) is 4.69. The molecule has 0 bridgehead atoms. The molecule has 3 aromatic rings. The number of amides is 1. The number of nitrogens with zero attached hydrogens (tertiary/aromatic N) is 2. The molecule has 7 nitrogen and oxygen atoms in total. The molecule has 3 rings (SSSR count). The fourth-order valence-electron chi connectivity index (χ4n) is 2.86. The van der Waals surface area contributed by atoms with Crippen molar-refractivity contribution in [1.82, 2.24) is 14.5 Å². The number of nitrogens with one attached hydrogen (secondary N) is 1. The summed E-state index contributed by atoms with van der Waals surface area (Å²) in [5.74, 6) is 0. The van der Waals surface area contributed by atoms with E-state index in [2.05, 4.69) is 4.98 Å². The van der Waals surface area contributed by atoms with Gasteiger partial charge in [0.2, 0.25) is 0 Å². The number of aromatic amines is 1. The molecule has 0 aliphatic rings. The van der Waals surface area contributed by atoms with Crippen molar-refractivity contribution in [2.45, 2.75) is 6.54 Å². The van der Waals surface area contributed by atoms with Gasteiger partial charge in [-0.15, -0.1) is 0 Å². The second-order valence-corrected chi connectivity index (χ2v) is 6.00. The largest absolute Gasteiger partial charge is 0.395 e. The van der Waals surface area contributed by atoms with Gasteiger partial charge in [-0.05, 0) is 42.9 Å². The van der Waals surface area contributed by atoms with Crippen LogP contribution >= 0.6 is 0 Å². The Labute approximate surface area is 144 Å². The number of pyridine rings is 1. The first-order valence-corrected chi connectivity index (χ1v) is 7.92. The Morgan fingerprint density at radius 2 is 2.12 bits per heavy atom. The molecule has 0 saturated heterocycles. The average Bonchev–Trinajstić information content (AvgIpc) is 2.97. The van der Waals surface area contributed by atoms with Crippen LogP contribution in [0, 0.1) is 0 Å². The molecule has 0 atom stereocenters. The van der Waals surface area contributed by atoms with Crippen LogP contribution in [-0.2, 0) is 6.54 Å². The van der Waals surface area contributed by atoms with Crippen LogP contribution in [0.15, 0.2) is 47.4 Å². The molecule has 1 amide bonds. The zero-order chi connectivity index (χ0) is 18.0. The Bertz CT molecular complexity index is 974. The number of H-pyrrole nitrogens is 1. The van der Waals surface area contributed by atoms with Gasteiger partial charge in [-0.2, -0.15) is 0 Å². The third-order valence-electron chi connectivity index (χ3n) is 4.09. The number of hydrogen-bond acceptors (Lipinski definition) is 4. The fraction of sp³-hybridized carbons (Fsp3) is 0.222. The van der Waals surface area contributed by atoms with Crippen molar-refractivity contribution in [3.05, 3.63) is 58.5 Å². The number of rotatable bonds is 5. The predicted molar refractivity (Wildman–Crippen MR) is 96.4 cm³/mol. The van der Waals surface area contributed by atoms with Crippen LogP contribution in [0.2, 0.25) is 0 Å². The van der Waals surface area contributed by atoms with Crippen LogP contribution in [-0.4, -0.2) is 45.8 Å². The molecule has 130 valence electrons. The van der Waals surface area contributed by atoms with Gasteiger partial charge in [0.1, 0.15) is 0 Å². The lowest BCUT2D eigenvalue weighted by Gasteiger charge is -2.14. The maximum Gasteiger partial charge on any atom is 0.325 e. The zero-order valence-corrected chi connectivity index (χ0v) is 13.9. The lowest BCUT2D eigenvalue weighted by molar-refractivity contribution is 0.217. The summed E-state index contributed by atoms with van der Waals surface area (Å²) < 4.78 is 0.885. The van der Waals surface area contributed by atoms with E-state index in [-0.39, 0.29) is 6.61 Å². The third kappa shape index (κ3) is 3.47. The predicted octanol–water partition coefficient (Wildman–Crippen LogP) is 1.35. The van der Waals surface area contributed by atoms with Crippen LogP contribution in [0.5, 0.6) is 0 Å².